The summed E-state index contributed by atoms with van der Waals surface area (Å²) in [5.74, 6) is -0.981. The van der Waals surface area contributed by atoms with Crippen LogP contribution in [0.2, 0.25) is 0 Å². The molecule has 102 valence electrons. The first-order valence-electron chi connectivity index (χ1n) is 5.93. The van der Waals surface area contributed by atoms with Gasteiger partial charge in [0, 0.05) is 24.2 Å². The largest absolute Gasteiger partial charge is 0.481 e. The molecule has 0 radical (unpaired) electrons. The fourth-order valence-corrected chi connectivity index (χ4v) is 1.43. The number of carbonyl (C=O) groups is 3. The lowest BCUT2D eigenvalue weighted by Crippen LogP contribution is -2.30. The monoisotopic (exact) mass is 264 g/mol. The Morgan fingerprint density at radius 1 is 1.26 bits per heavy atom. The van der Waals surface area contributed by atoms with E-state index in [1.807, 2.05) is 0 Å². The number of rotatable bonds is 6. The Labute approximate surface area is 110 Å². The molecule has 0 unspecified atom stereocenters. The fourth-order valence-electron chi connectivity index (χ4n) is 1.43. The highest BCUT2D eigenvalue weighted by Gasteiger charge is 2.06. The quantitative estimate of drug-likeness (QED) is 0.683. The molecule has 1 aromatic carbocycles. The van der Waals surface area contributed by atoms with Crippen LogP contribution in [0.15, 0.2) is 24.3 Å². The van der Waals surface area contributed by atoms with Crippen molar-refractivity contribution in [2.24, 2.45) is 0 Å². The summed E-state index contributed by atoms with van der Waals surface area (Å²) >= 11 is 0. The number of carboxylic acids is 1. The Hall–Kier alpha value is -2.37. The Morgan fingerprint density at radius 2 is 2.00 bits per heavy atom. The lowest BCUT2D eigenvalue weighted by Gasteiger charge is -2.07. The molecule has 0 saturated heterocycles. The molecule has 3 N–H and O–H groups in total. The Balaban J connectivity index is 2.54. The van der Waals surface area contributed by atoms with E-state index in [1.54, 1.807) is 31.2 Å². The van der Waals surface area contributed by atoms with Crippen LogP contribution in [0.4, 0.5) is 10.5 Å². The summed E-state index contributed by atoms with van der Waals surface area (Å²) in [5, 5.41) is 13.4. The average Bonchev–Trinajstić information content (AvgIpc) is 2.37. The lowest BCUT2D eigenvalue weighted by molar-refractivity contribution is -0.136. The SMILES string of the molecule is CCC(=O)c1cccc(NC(=O)NCCC(=O)O)c1. The minimum absolute atomic E-state index is 0.00469. The van der Waals surface area contributed by atoms with Gasteiger partial charge in [-0.15, -0.1) is 0 Å². The van der Waals surface area contributed by atoms with Crippen LogP contribution in [0.1, 0.15) is 30.1 Å². The van der Waals surface area contributed by atoms with E-state index in [2.05, 4.69) is 10.6 Å². The highest BCUT2D eigenvalue weighted by Crippen LogP contribution is 2.12. The maximum atomic E-state index is 11.5. The summed E-state index contributed by atoms with van der Waals surface area (Å²) in [7, 11) is 0. The molecule has 6 heteroatoms. The Kier molecular flexibility index (Phi) is 5.53. The summed E-state index contributed by atoms with van der Waals surface area (Å²) in [5.41, 5.74) is 1.03. The van der Waals surface area contributed by atoms with Gasteiger partial charge in [-0.05, 0) is 12.1 Å². The summed E-state index contributed by atoms with van der Waals surface area (Å²) in [4.78, 5) is 33.2. The second-order valence-corrected chi connectivity index (χ2v) is 3.88. The molecule has 0 aliphatic rings. The molecule has 2 amide bonds. The van der Waals surface area contributed by atoms with Crippen molar-refractivity contribution in [3.8, 4) is 0 Å². The van der Waals surface area contributed by atoms with Crippen molar-refractivity contribution in [1.29, 1.82) is 0 Å². The van der Waals surface area contributed by atoms with Crippen LogP contribution in [-0.4, -0.2) is 29.4 Å². The molecule has 0 heterocycles. The number of carboxylic acid groups (broad SMARTS) is 1. The highest BCUT2D eigenvalue weighted by molar-refractivity contribution is 5.98. The zero-order chi connectivity index (χ0) is 14.3. The Bertz CT molecular complexity index is 485. The number of aliphatic carboxylic acids is 1. The van der Waals surface area contributed by atoms with Gasteiger partial charge in [-0.2, -0.15) is 0 Å². The van der Waals surface area contributed by atoms with Gasteiger partial charge in [0.2, 0.25) is 0 Å². The number of anilines is 1. The topological polar surface area (TPSA) is 95.5 Å². The molecular weight excluding hydrogens is 248 g/mol. The van der Waals surface area contributed by atoms with E-state index in [9.17, 15) is 14.4 Å². The predicted octanol–water partition coefficient (Wildman–Crippen LogP) is 1.88. The van der Waals surface area contributed by atoms with Crippen LogP contribution >= 0.6 is 0 Å². The summed E-state index contributed by atoms with van der Waals surface area (Å²) in [6, 6.07) is 6.10. The molecule has 1 rings (SSSR count). The van der Waals surface area contributed by atoms with Crippen LogP contribution in [0.3, 0.4) is 0 Å². The minimum atomic E-state index is -0.976. The van der Waals surface area contributed by atoms with E-state index in [1.165, 1.54) is 0 Å². The van der Waals surface area contributed by atoms with Crippen molar-refractivity contribution in [2.45, 2.75) is 19.8 Å². The number of ketones is 1. The van der Waals surface area contributed by atoms with Gasteiger partial charge in [-0.1, -0.05) is 19.1 Å². The minimum Gasteiger partial charge on any atom is -0.481 e. The standard InChI is InChI=1S/C13H16N2O4/c1-2-11(16)9-4-3-5-10(8-9)15-13(19)14-7-6-12(17)18/h3-5,8H,2,6-7H2,1H3,(H,17,18)(H2,14,15,19). The molecule has 0 fully saturated rings. The summed E-state index contributed by atoms with van der Waals surface area (Å²) in [6.07, 6.45) is 0.260. The van der Waals surface area contributed by atoms with E-state index < -0.39 is 12.0 Å². The molecule has 19 heavy (non-hydrogen) atoms. The summed E-state index contributed by atoms with van der Waals surface area (Å²) < 4.78 is 0. The maximum absolute atomic E-state index is 11.5. The molecule has 0 saturated carbocycles. The normalized spacial score (nSPS) is 9.74. The van der Waals surface area contributed by atoms with Crippen molar-refractivity contribution in [3.05, 3.63) is 29.8 Å². The number of amides is 2. The van der Waals surface area contributed by atoms with E-state index in [0.717, 1.165) is 0 Å². The number of hydrogen-bond donors (Lipinski definition) is 3. The van der Waals surface area contributed by atoms with Crippen LogP contribution in [0, 0.1) is 0 Å². The van der Waals surface area contributed by atoms with Gasteiger partial charge in [0.05, 0.1) is 6.42 Å². The average molecular weight is 264 g/mol. The highest BCUT2D eigenvalue weighted by atomic mass is 16.4. The number of urea groups is 1. The van der Waals surface area contributed by atoms with Crippen molar-refractivity contribution < 1.29 is 19.5 Å². The molecule has 0 aromatic heterocycles. The van der Waals surface area contributed by atoms with Gasteiger partial charge in [0.25, 0.3) is 0 Å². The number of hydrogen-bond acceptors (Lipinski definition) is 3. The van der Waals surface area contributed by atoms with Gasteiger partial charge < -0.3 is 15.7 Å². The van der Waals surface area contributed by atoms with Gasteiger partial charge in [-0.25, -0.2) is 4.79 Å². The second-order valence-electron chi connectivity index (χ2n) is 3.88. The lowest BCUT2D eigenvalue weighted by atomic mass is 10.1. The molecule has 0 aliphatic carbocycles. The number of carbonyl (C=O) groups excluding carboxylic acids is 2. The molecule has 0 bridgehead atoms. The first-order chi connectivity index (χ1) is 9.02. The molecule has 0 atom stereocenters. The number of Topliss-reactive ketones (excluding diaryl/α,β-unsaturated/α-hetero) is 1. The molecule has 1 aromatic rings. The van der Waals surface area contributed by atoms with E-state index in [-0.39, 0.29) is 18.7 Å². The van der Waals surface area contributed by atoms with E-state index >= 15 is 0 Å². The molecule has 0 aliphatic heterocycles. The van der Waals surface area contributed by atoms with Crippen LogP contribution in [0.25, 0.3) is 0 Å². The third-order valence-electron chi connectivity index (χ3n) is 2.39. The first kappa shape index (κ1) is 14.7. The van der Waals surface area contributed by atoms with Crippen molar-refractivity contribution in [2.75, 3.05) is 11.9 Å². The Morgan fingerprint density at radius 3 is 2.63 bits per heavy atom. The van der Waals surface area contributed by atoms with Crippen molar-refractivity contribution in [1.82, 2.24) is 5.32 Å². The van der Waals surface area contributed by atoms with Gasteiger partial charge in [-0.3, -0.25) is 9.59 Å². The number of nitrogens with one attached hydrogen (secondary N) is 2. The van der Waals surface area contributed by atoms with Gasteiger partial charge >= 0.3 is 12.0 Å². The van der Waals surface area contributed by atoms with Gasteiger partial charge in [0.15, 0.2) is 5.78 Å². The maximum Gasteiger partial charge on any atom is 0.319 e. The number of benzene rings is 1. The molecular formula is C13H16N2O4. The van der Waals surface area contributed by atoms with Crippen LogP contribution in [-0.2, 0) is 4.79 Å². The van der Waals surface area contributed by atoms with E-state index in [0.29, 0.717) is 17.7 Å². The smallest absolute Gasteiger partial charge is 0.319 e. The molecule has 0 spiro atoms. The van der Waals surface area contributed by atoms with Gasteiger partial charge in [0.1, 0.15) is 0 Å². The zero-order valence-electron chi connectivity index (χ0n) is 10.6. The second kappa shape index (κ2) is 7.15. The predicted molar refractivity (Wildman–Crippen MR) is 70.3 cm³/mol. The third kappa shape index (κ3) is 5.20. The van der Waals surface area contributed by atoms with Crippen molar-refractivity contribution >= 4 is 23.5 Å². The van der Waals surface area contributed by atoms with Crippen LogP contribution < -0.4 is 10.6 Å². The molecule has 6 nitrogen and oxygen atoms in total. The fraction of sp³-hybridized carbons (Fsp3) is 0.308. The summed E-state index contributed by atoms with van der Waals surface area (Å²) in [6.45, 7) is 1.82. The van der Waals surface area contributed by atoms with E-state index in [4.69, 9.17) is 5.11 Å². The third-order valence-corrected chi connectivity index (χ3v) is 2.39. The van der Waals surface area contributed by atoms with Crippen LogP contribution in [0.5, 0.6) is 0 Å². The zero-order valence-corrected chi connectivity index (χ0v) is 10.6. The van der Waals surface area contributed by atoms with Crippen molar-refractivity contribution in [3.63, 3.8) is 0 Å². The first-order valence-corrected chi connectivity index (χ1v) is 5.93.